The quantitative estimate of drug-likeness (QED) is 0.567. The number of hydrogen-bond donors (Lipinski definition) is 0. The highest BCUT2D eigenvalue weighted by Gasteiger charge is 2.17. The van der Waals surface area contributed by atoms with E-state index in [1.165, 1.54) is 18.4 Å². The third kappa shape index (κ3) is 2.15. The summed E-state index contributed by atoms with van der Waals surface area (Å²) in [5, 5.41) is 1.08. The van der Waals surface area contributed by atoms with Gasteiger partial charge in [0.05, 0.1) is 11.1 Å². The summed E-state index contributed by atoms with van der Waals surface area (Å²) in [6.07, 6.45) is 3.43. The van der Waals surface area contributed by atoms with Crippen molar-refractivity contribution < 1.29 is 0 Å². The zero-order valence-electron chi connectivity index (χ0n) is 12.3. The predicted octanol–water partition coefficient (Wildman–Crippen LogP) is 4.87. The Balaban J connectivity index is 1.99. The summed E-state index contributed by atoms with van der Waals surface area (Å²) in [5.74, 6) is 1.13. The molecule has 0 unspecified atom stereocenters. The Morgan fingerprint density at radius 2 is 1.95 bits per heavy atom. The van der Waals surface area contributed by atoms with E-state index in [0.717, 1.165) is 44.6 Å². The average molecular weight is 374 g/mol. The zero-order chi connectivity index (χ0) is 15.3. The van der Waals surface area contributed by atoms with E-state index in [4.69, 9.17) is 17.2 Å². The molecular formula is C17H16BrN3S. The lowest BCUT2D eigenvalue weighted by atomic mass is 10.1. The van der Waals surface area contributed by atoms with Crippen LogP contribution in [0.2, 0.25) is 0 Å². The first-order valence-electron chi connectivity index (χ1n) is 7.50. The van der Waals surface area contributed by atoms with Crippen LogP contribution in [0.1, 0.15) is 18.7 Å². The van der Waals surface area contributed by atoms with Crippen LogP contribution in [0.4, 0.5) is 0 Å². The molecule has 22 heavy (non-hydrogen) atoms. The molecule has 0 spiro atoms. The monoisotopic (exact) mass is 373 g/mol. The third-order valence-electron chi connectivity index (χ3n) is 4.40. The molecule has 0 saturated heterocycles. The molecule has 4 rings (SSSR count). The molecule has 1 aliphatic rings. The van der Waals surface area contributed by atoms with Crippen LogP contribution < -0.4 is 0 Å². The van der Waals surface area contributed by atoms with Gasteiger partial charge in [-0.25, -0.2) is 4.98 Å². The van der Waals surface area contributed by atoms with Crippen molar-refractivity contribution in [2.45, 2.75) is 25.8 Å². The minimum atomic E-state index is 0.929. The van der Waals surface area contributed by atoms with Crippen LogP contribution in [0.3, 0.4) is 0 Å². The smallest absolute Gasteiger partial charge is 0.145 e. The van der Waals surface area contributed by atoms with Crippen molar-refractivity contribution in [2.75, 3.05) is 0 Å². The SMILES string of the molecule is Cn1c(-c2ccc(Br)cc2)cc2c(=S)n3c(nc21)CCCC3. The van der Waals surface area contributed by atoms with E-state index < -0.39 is 0 Å². The minimum Gasteiger partial charge on any atom is -0.328 e. The highest BCUT2D eigenvalue weighted by Crippen LogP contribution is 2.29. The van der Waals surface area contributed by atoms with Crippen LogP contribution in [0.25, 0.3) is 22.3 Å². The first kappa shape index (κ1) is 14.2. The first-order chi connectivity index (χ1) is 10.6. The predicted molar refractivity (Wildman–Crippen MR) is 95.6 cm³/mol. The van der Waals surface area contributed by atoms with Gasteiger partial charge >= 0.3 is 0 Å². The maximum Gasteiger partial charge on any atom is 0.145 e. The van der Waals surface area contributed by atoms with Crippen molar-refractivity contribution in [3.8, 4) is 11.3 Å². The fourth-order valence-corrected chi connectivity index (χ4v) is 3.81. The Hall–Kier alpha value is -1.46. The lowest BCUT2D eigenvalue weighted by Gasteiger charge is -2.18. The average Bonchev–Trinajstić information content (AvgIpc) is 2.86. The van der Waals surface area contributed by atoms with Gasteiger partial charge in [-0.05, 0) is 36.6 Å². The van der Waals surface area contributed by atoms with Gasteiger partial charge < -0.3 is 9.13 Å². The van der Waals surface area contributed by atoms with E-state index in [9.17, 15) is 0 Å². The van der Waals surface area contributed by atoms with Crippen LogP contribution in [0.5, 0.6) is 0 Å². The number of aryl methyl sites for hydroxylation is 2. The molecule has 0 fully saturated rings. The molecule has 5 heteroatoms. The Labute approximate surface area is 142 Å². The summed E-state index contributed by atoms with van der Waals surface area (Å²) < 4.78 is 6.39. The van der Waals surface area contributed by atoms with Crippen molar-refractivity contribution in [1.82, 2.24) is 14.1 Å². The Kier molecular flexibility index (Phi) is 3.42. The van der Waals surface area contributed by atoms with Crippen LogP contribution >= 0.6 is 28.1 Å². The summed E-state index contributed by atoms with van der Waals surface area (Å²) in [6.45, 7) is 1.000. The summed E-state index contributed by atoms with van der Waals surface area (Å²) in [7, 11) is 2.07. The molecule has 3 aromatic rings. The van der Waals surface area contributed by atoms with E-state index in [2.05, 4.69) is 62.4 Å². The highest BCUT2D eigenvalue weighted by atomic mass is 79.9. The van der Waals surface area contributed by atoms with Gasteiger partial charge in [-0.3, -0.25) is 0 Å². The summed E-state index contributed by atoms with van der Waals surface area (Å²) in [5.41, 5.74) is 3.33. The number of halogens is 1. The Morgan fingerprint density at radius 3 is 2.73 bits per heavy atom. The first-order valence-corrected chi connectivity index (χ1v) is 8.70. The fourth-order valence-electron chi connectivity index (χ4n) is 3.20. The van der Waals surface area contributed by atoms with E-state index in [1.807, 2.05) is 0 Å². The van der Waals surface area contributed by atoms with Crippen molar-refractivity contribution in [3.05, 3.63) is 45.3 Å². The molecule has 0 bridgehead atoms. The van der Waals surface area contributed by atoms with Crippen LogP contribution in [0.15, 0.2) is 34.8 Å². The molecule has 3 nitrogen and oxygen atoms in total. The van der Waals surface area contributed by atoms with Gasteiger partial charge in [-0.2, -0.15) is 0 Å². The molecule has 1 aliphatic heterocycles. The maximum absolute atomic E-state index is 5.73. The van der Waals surface area contributed by atoms with E-state index in [1.54, 1.807) is 0 Å². The largest absolute Gasteiger partial charge is 0.328 e. The van der Waals surface area contributed by atoms with E-state index >= 15 is 0 Å². The molecule has 0 aliphatic carbocycles. The molecule has 0 saturated carbocycles. The van der Waals surface area contributed by atoms with Crippen molar-refractivity contribution in [3.63, 3.8) is 0 Å². The van der Waals surface area contributed by atoms with E-state index in [0.29, 0.717) is 0 Å². The van der Waals surface area contributed by atoms with Crippen LogP contribution in [0, 0.1) is 4.64 Å². The second kappa shape index (κ2) is 5.32. The topological polar surface area (TPSA) is 22.8 Å². The molecule has 1 aromatic carbocycles. The maximum atomic E-state index is 5.73. The van der Waals surface area contributed by atoms with Gasteiger partial charge in [0, 0.05) is 24.5 Å². The Morgan fingerprint density at radius 1 is 1.18 bits per heavy atom. The lowest BCUT2D eigenvalue weighted by Crippen LogP contribution is -2.16. The summed E-state index contributed by atoms with van der Waals surface area (Å²) >= 11 is 9.21. The standard InChI is InChI=1S/C17H16BrN3S/c1-20-14(11-5-7-12(18)8-6-11)10-13-16(20)19-15-4-2-3-9-21(15)17(13)22/h5-8,10H,2-4,9H2,1H3. The van der Waals surface area contributed by atoms with Crippen molar-refractivity contribution >= 4 is 39.2 Å². The number of nitrogens with zero attached hydrogens (tertiary/aromatic N) is 3. The van der Waals surface area contributed by atoms with Gasteiger partial charge in [0.25, 0.3) is 0 Å². The van der Waals surface area contributed by atoms with Gasteiger partial charge in [0.1, 0.15) is 16.1 Å². The number of hydrogen-bond acceptors (Lipinski definition) is 2. The van der Waals surface area contributed by atoms with Gasteiger partial charge in [-0.1, -0.05) is 40.3 Å². The number of fused-ring (bicyclic) bond motifs is 2. The van der Waals surface area contributed by atoms with Crippen LogP contribution in [-0.2, 0) is 20.0 Å². The highest BCUT2D eigenvalue weighted by molar-refractivity contribution is 9.10. The number of rotatable bonds is 1. The fraction of sp³-hybridized carbons (Fsp3) is 0.294. The molecule has 3 heterocycles. The second-order valence-corrected chi connectivity index (χ2v) is 7.08. The lowest BCUT2D eigenvalue weighted by molar-refractivity contribution is 0.507. The third-order valence-corrected chi connectivity index (χ3v) is 5.36. The van der Waals surface area contributed by atoms with Gasteiger partial charge in [-0.15, -0.1) is 0 Å². The molecule has 112 valence electrons. The zero-order valence-corrected chi connectivity index (χ0v) is 14.7. The molecule has 0 amide bonds. The molecule has 0 atom stereocenters. The molecule has 0 radical (unpaired) electrons. The van der Waals surface area contributed by atoms with Crippen molar-refractivity contribution in [1.29, 1.82) is 0 Å². The van der Waals surface area contributed by atoms with Gasteiger partial charge in [0.2, 0.25) is 0 Å². The summed E-state index contributed by atoms with van der Waals surface area (Å²) in [6, 6.07) is 10.5. The summed E-state index contributed by atoms with van der Waals surface area (Å²) in [4.78, 5) is 4.89. The van der Waals surface area contributed by atoms with Gasteiger partial charge in [0.15, 0.2) is 0 Å². The molecule has 0 N–H and O–H groups in total. The second-order valence-electron chi connectivity index (χ2n) is 5.77. The van der Waals surface area contributed by atoms with Crippen LogP contribution in [-0.4, -0.2) is 14.1 Å². The van der Waals surface area contributed by atoms with Crippen molar-refractivity contribution in [2.24, 2.45) is 7.05 Å². The molecule has 2 aromatic heterocycles. The number of aromatic nitrogens is 3. The number of benzene rings is 1. The minimum absolute atomic E-state index is 0.929. The van der Waals surface area contributed by atoms with E-state index in [-0.39, 0.29) is 0 Å². The molecular weight excluding hydrogens is 358 g/mol. The Bertz CT molecular complexity index is 922. The normalized spacial score (nSPS) is 14.3.